The van der Waals surface area contributed by atoms with Crippen LogP contribution in [0.25, 0.3) is 44.8 Å². The molecule has 56 heavy (non-hydrogen) atoms. The van der Waals surface area contributed by atoms with Crippen LogP contribution in [-0.2, 0) is 30.2 Å². The van der Waals surface area contributed by atoms with Crippen LogP contribution < -0.4 is 18.3 Å². The van der Waals surface area contributed by atoms with Crippen molar-refractivity contribution in [3.8, 4) is 44.8 Å². The highest BCUT2D eigenvalue weighted by Crippen LogP contribution is 2.39. The van der Waals surface area contributed by atoms with Crippen LogP contribution in [-0.4, -0.2) is 16.5 Å². The van der Waals surface area contributed by atoms with Crippen LogP contribution in [0.2, 0.25) is 0 Å². The Morgan fingerprint density at radius 3 is 1.57 bits per heavy atom. The molecule has 8 heteroatoms. The summed E-state index contributed by atoms with van der Waals surface area (Å²) in [5.74, 6) is 0. The predicted octanol–water partition coefficient (Wildman–Crippen LogP) is 7.61. The van der Waals surface area contributed by atoms with Crippen LogP contribution in [0.15, 0.2) is 183 Å². The van der Waals surface area contributed by atoms with Crippen LogP contribution in [0.3, 0.4) is 0 Å². The maximum absolute atomic E-state index is 11.8. The average molecular weight is 752 g/mol. The number of aromatic nitrogens is 5. The van der Waals surface area contributed by atoms with Gasteiger partial charge in [0.05, 0.1) is 0 Å². The van der Waals surface area contributed by atoms with Crippen molar-refractivity contribution in [3.05, 3.63) is 211 Å². The zero-order chi connectivity index (χ0) is 38.1. The Labute approximate surface area is 327 Å². The quantitative estimate of drug-likeness (QED) is 0.116. The van der Waals surface area contributed by atoms with Crippen molar-refractivity contribution in [2.24, 2.45) is 0 Å². The van der Waals surface area contributed by atoms with Gasteiger partial charge in [-0.15, -0.1) is 0 Å². The van der Waals surface area contributed by atoms with Gasteiger partial charge in [-0.3, -0.25) is 4.57 Å². The summed E-state index contributed by atoms with van der Waals surface area (Å²) in [6.45, 7) is 2.76. The molecule has 7 nitrogen and oxygen atoms in total. The fourth-order valence-corrected chi connectivity index (χ4v) is 8.46. The number of hydrogen-bond acceptors (Lipinski definition) is 2. The van der Waals surface area contributed by atoms with E-state index in [4.69, 9.17) is 4.98 Å². The number of rotatable bonds is 10. The normalized spacial score (nSPS) is 12.8. The lowest BCUT2D eigenvalue weighted by Gasteiger charge is -2.05. The van der Waals surface area contributed by atoms with E-state index in [1.165, 1.54) is 45.7 Å². The van der Waals surface area contributed by atoms with Gasteiger partial charge in [0.15, 0.2) is 62.7 Å². The molecule has 1 aliphatic carbocycles. The molecule has 0 aliphatic heterocycles. The fraction of sp³-hybridized carbons (Fsp3) is 0.104. The van der Waals surface area contributed by atoms with Gasteiger partial charge in [-0.2, -0.15) is 18.3 Å². The maximum atomic E-state index is 11.8. The Bertz CT molecular complexity index is 2710. The monoisotopic (exact) mass is 751 g/mol. The summed E-state index contributed by atoms with van der Waals surface area (Å²) in [6.07, 6.45) is 18.0. The first-order valence-corrected chi connectivity index (χ1v) is 21.2. The molecule has 0 saturated heterocycles. The Kier molecular flexibility index (Phi) is 9.48. The lowest BCUT2D eigenvalue weighted by Crippen LogP contribution is -2.35. The van der Waals surface area contributed by atoms with Crippen LogP contribution in [0.5, 0.6) is 0 Å². The third kappa shape index (κ3) is 7.87. The van der Waals surface area contributed by atoms with Crippen molar-refractivity contribution in [1.82, 2.24) is 4.98 Å². The van der Waals surface area contributed by atoms with Crippen LogP contribution in [0.1, 0.15) is 28.1 Å². The standard InChI is InChI=1S/C48H41N5O2P/c1-56(54,55)35-36-9-11-45(12-10-36)52-27-19-39(20-28-52)37-15-23-50(24-16-37)33-43-6-4-7-44(49-43)34-51-25-17-38(18-26-51)40-21-29-53(30-22-40)46-13-14-48-42(32-46)31-41-5-2-3-8-47(41)48/h2-30,32H,31,33-35H2,1H3/q+3/p+1. The molecule has 5 aromatic heterocycles. The highest BCUT2D eigenvalue weighted by molar-refractivity contribution is 7.56. The van der Waals surface area contributed by atoms with E-state index in [0.29, 0.717) is 13.1 Å². The molecule has 1 unspecified atom stereocenters. The van der Waals surface area contributed by atoms with E-state index in [0.717, 1.165) is 40.2 Å². The summed E-state index contributed by atoms with van der Waals surface area (Å²) < 4.78 is 20.3. The molecule has 8 aromatic rings. The molecule has 0 fully saturated rings. The molecule has 9 rings (SSSR count). The molecule has 0 amide bonds. The molecule has 5 heterocycles. The van der Waals surface area contributed by atoms with Crippen molar-refractivity contribution in [2.75, 3.05) is 6.66 Å². The Balaban J connectivity index is 0.807. The lowest BCUT2D eigenvalue weighted by atomic mass is 10.1. The van der Waals surface area contributed by atoms with Gasteiger partial charge in [0, 0.05) is 85.6 Å². The SMILES string of the molecule is CP(=O)(O)Cc1ccc(-[n+]2ccc(-c3cc[n+](Cc4cccc(C[n+]5ccc(-c6cc[n+](-c7ccc8c(c7)Cc7ccccc7-8)cc6)cc5)n4)cc3)cc2)cc1. The van der Waals surface area contributed by atoms with Crippen molar-refractivity contribution in [1.29, 1.82) is 0 Å². The fourth-order valence-electron chi connectivity index (χ4n) is 7.58. The van der Waals surface area contributed by atoms with E-state index in [1.54, 1.807) is 0 Å². The van der Waals surface area contributed by atoms with Gasteiger partial charge in [-0.1, -0.05) is 42.5 Å². The second kappa shape index (κ2) is 15.0. The molecule has 1 atom stereocenters. The van der Waals surface area contributed by atoms with Crippen LogP contribution in [0, 0.1) is 0 Å². The highest BCUT2D eigenvalue weighted by Gasteiger charge is 2.20. The van der Waals surface area contributed by atoms with E-state index in [2.05, 4.69) is 160 Å². The summed E-state index contributed by atoms with van der Waals surface area (Å²) in [5.41, 5.74) is 15.2. The lowest BCUT2D eigenvalue weighted by molar-refractivity contribution is -0.690. The molecule has 0 saturated carbocycles. The van der Waals surface area contributed by atoms with Gasteiger partial charge < -0.3 is 4.89 Å². The predicted molar refractivity (Wildman–Crippen MR) is 217 cm³/mol. The molecule has 0 radical (unpaired) electrons. The largest absolute Gasteiger partial charge is 0.344 e. The van der Waals surface area contributed by atoms with Crippen molar-refractivity contribution >= 4 is 7.37 Å². The molecule has 3 aromatic carbocycles. The number of hydrogen-bond donors (Lipinski definition) is 1. The summed E-state index contributed by atoms with van der Waals surface area (Å²) in [4.78, 5) is 14.7. The minimum Gasteiger partial charge on any atom is -0.344 e. The smallest absolute Gasteiger partial charge is 0.210 e. The van der Waals surface area contributed by atoms with E-state index >= 15 is 0 Å². The average Bonchev–Trinajstić information content (AvgIpc) is 3.60. The summed E-state index contributed by atoms with van der Waals surface area (Å²) in [5, 5.41) is 0. The molecular weight excluding hydrogens is 710 g/mol. The molecule has 0 spiro atoms. The molecule has 272 valence electrons. The Morgan fingerprint density at radius 1 is 0.536 bits per heavy atom. The van der Waals surface area contributed by atoms with Crippen LogP contribution in [0.4, 0.5) is 0 Å². The molecule has 1 aliphatic rings. The topological polar surface area (TPSA) is 65.7 Å². The van der Waals surface area contributed by atoms with E-state index in [-0.39, 0.29) is 6.16 Å². The van der Waals surface area contributed by atoms with E-state index < -0.39 is 7.37 Å². The molecule has 0 bridgehead atoms. The summed E-state index contributed by atoms with van der Waals surface area (Å²) in [7, 11) is -3.09. The summed E-state index contributed by atoms with van der Waals surface area (Å²) >= 11 is 0. The second-order valence-electron chi connectivity index (χ2n) is 14.7. The third-order valence-electron chi connectivity index (χ3n) is 10.4. The van der Waals surface area contributed by atoms with Gasteiger partial charge in [0.25, 0.3) is 0 Å². The summed E-state index contributed by atoms with van der Waals surface area (Å²) in [6, 6.07) is 46.7. The number of pyridine rings is 5. The Hall–Kier alpha value is -6.40. The zero-order valence-corrected chi connectivity index (χ0v) is 32.1. The molecule has 1 N–H and O–H groups in total. The number of benzene rings is 3. The number of fused-ring (bicyclic) bond motifs is 3. The van der Waals surface area contributed by atoms with Crippen LogP contribution >= 0.6 is 7.37 Å². The van der Waals surface area contributed by atoms with Gasteiger partial charge in [0.1, 0.15) is 11.4 Å². The van der Waals surface area contributed by atoms with Gasteiger partial charge in [-0.05, 0) is 74.7 Å². The zero-order valence-electron chi connectivity index (χ0n) is 31.2. The van der Waals surface area contributed by atoms with Gasteiger partial charge >= 0.3 is 0 Å². The number of nitrogens with zero attached hydrogens (tertiary/aromatic N) is 5. The van der Waals surface area contributed by atoms with Crippen molar-refractivity contribution < 1.29 is 27.7 Å². The van der Waals surface area contributed by atoms with Gasteiger partial charge in [-0.25, -0.2) is 4.98 Å². The third-order valence-corrected chi connectivity index (χ3v) is 11.4. The second-order valence-corrected chi connectivity index (χ2v) is 17.1. The first-order chi connectivity index (χ1) is 27.3. The molecular formula is C48H42N5O2P+4. The van der Waals surface area contributed by atoms with E-state index in [9.17, 15) is 9.46 Å². The van der Waals surface area contributed by atoms with Crippen molar-refractivity contribution in [2.45, 2.75) is 25.7 Å². The first-order valence-electron chi connectivity index (χ1n) is 18.9. The minimum atomic E-state index is -3.09. The Morgan fingerprint density at radius 2 is 1.02 bits per heavy atom. The van der Waals surface area contributed by atoms with Gasteiger partial charge in [0.2, 0.25) is 18.7 Å². The van der Waals surface area contributed by atoms with E-state index in [1.807, 2.05) is 41.2 Å². The minimum absolute atomic E-state index is 0.185. The van der Waals surface area contributed by atoms with Crippen molar-refractivity contribution in [3.63, 3.8) is 0 Å². The maximum Gasteiger partial charge on any atom is 0.210 e. The highest BCUT2D eigenvalue weighted by atomic mass is 31.2. The first kappa shape index (κ1) is 35.3.